The van der Waals surface area contributed by atoms with Crippen molar-refractivity contribution in [1.29, 1.82) is 0 Å². The Bertz CT molecular complexity index is 394. The van der Waals surface area contributed by atoms with Gasteiger partial charge in [-0.15, -0.1) is 10.2 Å². The molecule has 0 spiro atoms. The van der Waals surface area contributed by atoms with Crippen molar-refractivity contribution in [3.63, 3.8) is 0 Å². The fourth-order valence-electron chi connectivity index (χ4n) is 3.48. The molecule has 1 aromatic rings. The van der Waals surface area contributed by atoms with Crippen LogP contribution in [0.1, 0.15) is 32.0 Å². The van der Waals surface area contributed by atoms with Gasteiger partial charge < -0.3 is 9.88 Å². The molecule has 1 fully saturated rings. The summed E-state index contributed by atoms with van der Waals surface area (Å²) >= 11 is 0. The molecule has 1 N–H and O–H groups in total. The van der Waals surface area contributed by atoms with E-state index in [2.05, 4.69) is 31.9 Å². The van der Waals surface area contributed by atoms with E-state index in [4.69, 9.17) is 0 Å². The van der Waals surface area contributed by atoms with Gasteiger partial charge in [-0.3, -0.25) is 4.90 Å². The lowest BCUT2D eigenvalue weighted by Crippen LogP contribution is -2.43. The number of nitrogens with one attached hydrogen (secondary N) is 1. The summed E-state index contributed by atoms with van der Waals surface area (Å²) in [7, 11) is 0. The lowest BCUT2D eigenvalue weighted by atomic mass is 9.82. The first-order valence-corrected chi connectivity index (χ1v) is 7.11. The largest absolute Gasteiger partial charge is 0.316 e. The molecule has 3 rings (SSSR count). The second-order valence-electron chi connectivity index (χ2n) is 5.83. The third kappa shape index (κ3) is 2.29. The highest BCUT2D eigenvalue weighted by atomic mass is 15.3. The Labute approximate surface area is 109 Å². The molecule has 1 atom stereocenters. The third-order valence-corrected chi connectivity index (χ3v) is 4.39. The molecule has 0 bridgehead atoms. The average Bonchev–Trinajstić information content (AvgIpc) is 2.98. The lowest BCUT2D eigenvalue weighted by molar-refractivity contribution is 0.125. The Hall–Kier alpha value is -0.940. The molecule has 2 aliphatic heterocycles. The van der Waals surface area contributed by atoms with Crippen LogP contribution in [0.4, 0.5) is 0 Å². The summed E-state index contributed by atoms with van der Waals surface area (Å²) in [6, 6.07) is 0. The normalized spacial score (nSPS) is 28.5. The predicted octanol–water partition coefficient (Wildman–Crippen LogP) is 0.873. The minimum atomic E-state index is 0.497. The van der Waals surface area contributed by atoms with E-state index in [0.29, 0.717) is 5.41 Å². The number of fused-ring (bicyclic) bond motifs is 1. The molecular formula is C13H23N5. The van der Waals surface area contributed by atoms with Crippen LogP contribution in [0.5, 0.6) is 0 Å². The molecule has 2 aliphatic rings. The van der Waals surface area contributed by atoms with Gasteiger partial charge in [0.15, 0.2) is 0 Å². The van der Waals surface area contributed by atoms with Crippen molar-refractivity contribution in [2.45, 2.75) is 39.3 Å². The number of aromatic nitrogens is 3. The number of hydrogen-bond donors (Lipinski definition) is 1. The van der Waals surface area contributed by atoms with Crippen molar-refractivity contribution in [2.75, 3.05) is 26.2 Å². The van der Waals surface area contributed by atoms with Crippen LogP contribution in [-0.4, -0.2) is 45.8 Å². The Morgan fingerprint density at radius 2 is 2.39 bits per heavy atom. The van der Waals surface area contributed by atoms with Gasteiger partial charge in [0.25, 0.3) is 0 Å². The fraction of sp³-hybridized carbons (Fsp3) is 0.846. The zero-order valence-electron chi connectivity index (χ0n) is 11.2. The van der Waals surface area contributed by atoms with E-state index in [1.54, 1.807) is 0 Å². The molecule has 1 saturated heterocycles. The maximum Gasteiger partial charge on any atom is 0.147 e. The van der Waals surface area contributed by atoms with Crippen molar-refractivity contribution in [2.24, 2.45) is 5.41 Å². The van der Waals surface area contributed by atoms with Gasteiger partial charge in [0.05, 0.1) is 6.54 Å². The van der Waals surface area contributed by atoms with Gasteiger partial charge in [-0.25, -0.2) is 0 Å². The molecule has 18 heavy (non-hydrogen) atoms. The Balaban J connectivity index is 1.66. The maximum atomic E-state index is 4.21. The van der Waals surface area contributed by atoms with Gasteiger partial charge >= 0.3 is 0 Å². The standard InChI is InChI=1S/C13H23N5/c1-2-3-13(4-5-14-9-13)10-17-6-7-18-11-15-16-12(18)8-17/h11,14H,2-10H2,1H3. The molecule has 1 unspecified atom stereocenters. The number of nitrogens with zero attached hydrogens (tertiary/aromatic N) is 4. The summed E-state index contributed by atoms with van der Waals surface area (Å²) in [5, 5.41) is 11.7. The van der Waals surface area contributed by atoms with Gasteiger partial charge in [-0.1, -0.05) is 13.3 Å². The van der Waals surface area contributed by atoms with E-state index in [1.165, 1.54) is 38.9 Å². The number of rotatable bonds is 4. The molecule has 1 aromatic heterocycles. The van der Waals surface area contributed by atoms with Crippen LogP contribution in [0.25, 0.3) is 0 Å². The van der Waals surface area contributed by atoms with Crippen molar-refractivity contribution in [3.8, 4) is 0 Å². The highest BCUT2D eigenvalue weighted by Gasteiger charge is 2.35. The molecule has 0 saturated carbocycles. The minimum Gasteiger partial charge on any atom is -0.316 e. The Morgan fingerprint density at radius 1 is 1.44 bits per heavy atom. The molecule has 0 radical (unpaired) electrons. The summed E-state index contributed by atoms with van der Waals surface area (Å²) in [4.78, 5) is 2.56. The topological polar surface area (TPSA) is 46.0 Å². The molecule has 0 amide bonds. The predicted molar refractivity (Wildman–Crippen MR) is 70.1 cm³/mol. The van der Waals surface area contributed by atoms with E-state index in [9.17, 15) is 0 Å². The molecule has 0 aliphatic carbocycles. The average molecular weight is 249 g/mol. The molecular weight excluding hydrogens is 226 g/mol. The van der Waals surface area contributed by atoms with E-state index >= 15 is 0 Å². The van der Waals surface area contributed by atoms with Crippen LogP contribution in [0.15, 0.2) is 6.33 Å². The van der Waals surface area contributed by atoms with E-state index in [-0.39, 0.29) is 0 Å². The first-order valence-electron chi connectivity index (χ1n) is 7.11. The SMILES string of the molecule is CCCC1(CN2CCn3cnnc3C2)CCNC1. The zero-order valence-corrected chi connectivity index (χ0v) is 11.2. The van der Waals surface area contributed by atoms with Crippen LogP contribution < -0.4 is 5.32 Å². The van der Waals surface area contributed by atoms with Crippen molar-refractivity contribution in [1.82, 2.24) is 25.0 Å². The Kier molecular flexibility index (Phi) is 3.35. The van der Waals surface area contributed by atoms with Gasteiger partial charge in [0, 0.05) is 26.2 Å². The lowest BCUT2D eigenvalue weighted by Gasteiger charge is -2.36. The van der Waals surface area contributed by atoms with Gasteiger partial charge in [0.1, 0.15) is 12.2 Å². The summed E-state index contributed by atoms with van der Waals surface area (Å²) in [6.45, 7) is 9.02. The van der Waals surface area contributed by atoms with Crippen LogP contribution in [-0.2, 0) is 13.1 Å². The first-order chi connectivity index (χ1) is 8.81. The zero-order chi connectivity index (χ0) is 12.4. The summed E-state index contributed by atoms with van der Waals surface area (Å²) in [6.07, 6.45) is 5.80. The highest BCUT2D eigenvalue weighted by molar-refractivity contribution is 4.95. The summed E-state index contributed by atoms with van der Waals surface area (Å²) < 4.78 is 2.18. The second-order valence-corrected chi connectivity index (χ2v) is 5.83. The first kappa shape index (κ1) is 12.1. The minimum absolute atomic E-state index is 0.497. The monoisotopic (exact) mass is 249 g/mol. The van der Waals surface area contributed by atoms with E-state index in [0.717, 1.165) is 25.5 Å². The van der Waals surface area contributed by atoms with Gasteiger partial charge in [0.2, 0.25) is 0 Å². The Morgan fingerprint density at radius 3 is 3.17 bits per heavy atom. The van der Waals surface area contributed by atoms with Gasteiger partial charge in [-0.2, -0.15) is 0 Å². The van der Waals surface area contributed by atoms with Gasteiger partial charge in [-0.05, 0) is 24.8 Å². The molecule has 3 heterocycles. The number of hydrogen-bond acceptors (Lipinski definition) is 4. The summed E-state index contributed by atoms with van der Waals surface area (Å²) in [5.74, 6) is 1.12. The van der Waals surface area contributed by atoms with Crippen LogP contribution in [0.3, 0.4) is 0 Å². The third-order valence-electron chi connectivity index (χ3n) is 4.39. The highest BCUT2D eigenvalue weighted by Crippen LogP contribution is 2.32. The van der Waals surface area contributed by atoms with Crippen molar-refractivity contribution in [3.05, 3.63) is 12.2 Å². The summed E-state index contributed by atoms with van der Waals surface area (Å²) in [5.41, 5.74) is 0.497. The molecule has 0 aromatic carbocycles. The molecule has 5 heteroatoms. The van der Waals surface area contributed by atoms with Crippen molar-refractivity contribution < 1.29 is 0 Å². The van der Waals surface area contributed by atoms with Crippen molar-refractivity contribution >= 4 is 0 Å². The quantitative estimate of drug-likeness (QED) is 0.860. The van der Waals surface area contributed by atoms with E-state index in [1.807, 2.05) is 6.33 Å². The van der Waals surface area contributed by atoms with Crippen LogP contribution in [0, 0.1) is 5.41 Å². The van der Waals surface area contributed by atoms with Crippen LogP contribution >= 0.6 is 0 Å². The van der Waals surface area contributed by atoms with Crippen LogP contribution in [0.2, 0.25) is 0 Å². The fourth-order valence-corrected chi connectivity index (χ4v) is 3.48. The smallest absolute Gasteiger partial charge is 0.147 e. The second kappa shape index (κ2) is 4.97. The maximum absolute atomic E-state index is 4.21. The van der Waals surface area contributed by atoms with E-state index < -0.39 is 0 Å². The molecule has 100 valence electrons. The molecule has 5 nitrogen and oxygen atoms in total.